The van der Waals surface area contributed by atoms with Crippen LogP contribution in [0.2, 0.25) is 0 Å². The first-order chi connectivity index (χ1) is 12.5. The zero-order chi connectivity index (χ0) is 18.7. The summed E-state index contributed by atoms with van der Waals surface area (Å²) in [4.78, 5) is 18.0. The van der Waals surface area contributed by atoms with E-state index >= 15 is 0 Å². The minimum atomic E-state index is -0.861. The van der Waals surface area contributed by atoms with Crippen LogP contribution in [-0.4, -0.2) is 39.1 Å². The van der Waals surface area contributed by atoms with E-state index in [-0.39, 0.29) is 18.2 Å². The van der Waals surface area contributed by atoms with Gasteiger partial charge in [-0.05, 0) is 42.7 Å². The van der Waals surface area contributed by atoms with E-state index in [0.717, 1.165) is 22.9 Å². The number of hydrogen-bond donors (Lipinski definition) is 3. The number of aliphatic hydroxyl groups excluding tert-OH is 1. The first-order valence-electron chi connectivity index (χ1n) is 8.91. The number of carbonyl (C=O) groups excluding carboxylic acids is 1. The Hall–Kier alpha value is -2.79. The smallest absolute Gasteiger partial charge is 0.270 e. The van der Waals surface area contributed by atoms with Crippen LogP contribution in [0.15, 0.2) is 48.5 Å². The standard InChI is InChI=1S/C21H24N2O3/c1-3-16-17-10-5-6-11-18(17)22-20(16)21(26)23(4-2)13-19(25)14-8-7-9-15(24)12-14/h5-12,19,22,24-25H,3-4,13H2,1-2H3/t19-/m1/s1. The summed E-state index contributed by atoms with van der Waals surface area (Å²) in [5.74, 6) is -0.0282. The lowest BCUT2D eigenvalue weighted by atomic mass is 10.1. The SMILES string of the molecule is CCc1c(C(=O)N(CC)C[C@@H](O)c2cccc(O)c2)[nH]c2ccccc12. The molecule has 0 saturated heterocycles. The fourth-order valence-electron chi connectivity index (χ4n) is 3.31. The maximum atomic E-state index is 13.1. The van der Waals surface area contributed by atoms with Gasteiger partial charge in [0.2, 0.25) is 0 Å². The molecule has 1 atom stereocenters. The molecule has 1 heterocycles. The second-order valence-electron chi connectivity index (χ2n) is 6.33. The molecule has 26 heavy (non-hydrogen) atoms. The Kier molecular flexibility index (Phi) is 5.28. The number of hydrogen-bond acceptors (Lipinski definition) is 3. The monoisotopic (exact) mass is 352 g/mol. The number of phenols is 1. The van der Waals surface area contributed by atoms with E-state index in [0.29, 0.717) is 17.8 Å². The van der Waals surface area contributed by atoms with Gasteiger partial charge in [0.25, 0.3) is 5.91 Å². The highest BCUT2D eigenvalue weighted by Gasteiger charge is 2.23. The van der Waals surface area contributed by atoms with Gasteiger partial charge in [-0.2, -0.15) is 0 Å². The second-order valence-corrected chi connectivity index (χ2v) is 6.33. The van der Waals surface area contributed by atoms with E-state index in [2.05, 4.69) is 4.98 Å². The van der Waals surface area contributed by atoms with Crippen molar-refractivity contribution < 1.29 is 15.0 Å². The molecule has 1 amide bonds. The molecule has 5 nitrogen and oxygen atoms in total. The summed E-state index contributed by atoms with van der Waals surface area (Å²) >= 11 is 0. The van der Waals surface area contributed by atoms with Crippen molar-refractivity contribution >= 4 is 16.8 Å². The summed E-state index contributed by atoms with van der Waals surface area (Å²) in [5.41, 5.74) is 3.11. The molecule has 3 rings (SSSR count). The van der Waals surface area contributed by atoms with E-state index < -0.39 is 6.10 Å². The third-order valence-corrected chi connectivity index (χ3v) is 4.70. The molecule has 0 saturated carbocycles. The van der Waals surface area contributed by atoms with Gasteiger partial charge in [0.15, 0.2) is 0 Å². The highest BCUT2D eigenvalue weighted by atomic mass is 16.3. The summed E-state index contributed by atoms with van der Waals surface area (Å²) in [6.45, 7) is 4.57. The molecule has 136 valence electrons. The van der Waals surface area contributed by atoms with Crippen LogP contribution in [0.4, 0.5) is 0 Å². The van der Waals surface area contributed by atoms with Crippen LogP contribution in [0.25, 0.3) is 10.9 Å². The van der Waals surface area contributed by atoms with Crippen molar-refractivity contribution in [2.24, 2.45) is 0 Å². The van der Waals surface area contributed by atoms with Gasteiger partial charge in [0.1, 0.15) is 11.4 Å². The normalized spacial score (nSPS) is 12.3. The number of aryl methyl sites for hydroxylation is 1. The second kappa shape index (κ2) is 7.62. The average Bonchev–Trinajstić information content (AvgIpc) is 3.04. The fourth-order valence-corrected chi connectivity index (χ4v) is 3.31. The van der Waals surface area contributed by atoms with Gasteiger partial charge in [-0.25, -0.2) is 0 Å². The lowest BCUT2D eigenvalue weighted by Crippen LogP contribution is -2.35. The number of carbonyl (C=O) groups is 1. The number of para-hydroxylation sites is 1. The number of benzene rings is 2. The predicted octanol–water partition coefficient (Wildman–Crippen LogP) is 3.63. The third kappa shape index (κ3) is 3.44. The summed E-state index contributed by atoms with van der Waals surface area (Å²) in [7, 11) is 0. The highest BCUT2D eigenvalue weighted by Crippen LogP contribution is 2.25. The van der Waals surface area contributed by atoms with Gasteiger partial charge in [0, 0.05) is 17.4 Å². The molecule has 2 aromatic carbocycles. The van der Waals surface area contributed by atoms with Crippen molar-refractivity contribution in [3.8, 4) is 5.75 Å². The van der Waals surface area contributed by atoms with Gasteiger partial charge >= 0.3 is 0 Å². The molecule has 0 aliphatic carbocycles. The van der Waals surface area contributed by atoms with Crippen LogP contribution in [0, 0.1) is 0 Å². The Morgan fingerprint density at radius 3 is 2.62 bits per heavy atom. The highest BCUT2D eigenvalue weighted by molar-refractivity contribution is 6.01. The number of phenolic OH excluding ortho intramolecular Hbond substituents is 1. The van der Waals surface area contributed by atoms with E-state index in [1.807, 2.05) is 38.1 Å². The number of aromatic hydroxyl groups is 1. The number of aliphatic hydroxyl groups is 1. The maximum Gasteiger partial charge on any atom is 0.270 e. The van der Waals surface area contributed by atoms with E-state index in [1.54, 1.807) is 23.1 Å². The molecule has 0 aliphatic rings. The minimum absolute atomic E-state index is 0.0970. The van der Waals surface area contributed by atoms with Crippen LogP contribution >= 0.6 is 0 Å². The van der Waals surface area contributed by atoms with E-state index in [9.17, 15) is 15.0 Å². The van der Waals surface area contributed by atoms with Crippen molar-refractivity contribution in [3.63, 3.8) is 0 Å². The van der Waals surface area contributed by atoms with Gasteiger partial charge in [0.05, 0.1) is 12.6 Å². The summed E-state index contributed by atoms with van der Waals surface area (Å²) in [6, 6.07) is 14.4. The molecule has 0 spiro atoms. The number of rotatable bonds is 6. The third-order valence-electron chi connectivity index (χ3n) is 4.70. The molecule has 3 N–H and O–H groups in total. The van der Waals surface area contributed by atoms with Crippen molar-refractivity contribution in [2.45, 2.75) is 26.4 Å². The Balaban J connectivity index is 1.87. The largest absolute Gasteiger partial charge is 0.508 e. The van der Waals surface area contributed by atoms with Crippen LogP contribution in [0.1, 0.15) is 41.6 Å². The number of aromatic amines is 1. The predicted molar refractivity (Wildman–Crippen MR) is 102 cm³/mol. The number of fused-ring (bicyclic) bond motifs is 1. The molecule has 5 heteroatoms. The van der Waals surface area contributed by atoms with Crippen molar-refractivity contribution in [1.82, 2.24) is 9.88 Å². The Morgan fingerprint density at radius 1 is 1.15 bits per heavy atom. The van der Waals surface area contributed by atoms with E-state index in [1.165, 1.54) is 6.07 Å². The van der Waals surface area contributed by atoms with Crippen LogP contribution in [0.3, 0.4) is 0 Å². The minimum Gasteiger partial charge on any atom is -0.508 e. The van der Waals surface area contributed by atoms with Crippen molar-refractivity contribution in [1.29, 1.82) is 0 Å². The first-order valence-corrected chi connectivity index (χ1v) is 8.91. The van der Waals surface area contributed by atoms with Gasteiger partial charge in [-0.15, -0.1) is 0 Å². The Labute approximate surface area is 152 Å². The fraction of sp³-hybridized carbons (Fsp3) is 0.286. The summed E-state index contributed by atoms with van der Waals surface area (Å²) in [6.07, 6.45) is -0.113. The number of likely N-dealkylation sites (N-methyl/N-ethyl adjacent to an activating group) is 1. The number of aromatic nitrogens is 1. The molecular weight excluding hydrogens is 328 g/mol. The average molecular weight is 352 g/mol. The molecule has 0 aliphatic heterocycles. The number of H-pyrrole nitrogens is 1. The zero-order valence-electron chi connectivity index (χ0n) is 15.1. The number of nitrogens with zero attached hydrogens (tertiary/aromatic N) is 1. The molecule has 0 unspecified atom stereocenters. The van der Waals surface area contributed by atoms with Crippen molar-refractivity contribution in [3.05, 3.63) is 65.4 Å². The Bertz CT molecular complexity index is 917. The van der Waals surface area contributed by atoms with E-state index in [4.69, 9.17) is 0 Å². The maximum absolute atomic E-state index is 13.1. The van der Waals surface area contributed by atoms with Gasteiger partial charge < -0.3 is 20.1 Å². The van der Waals surface area contributed by atoms with Crippen LogP contribution < -0.4 is 0 Å². The van der Waals surface area contributed by atoms with Gasteiger partial charge in [-0.1, -0.05) is 37.3 Å². The first kappa shape index (κ1) is 18.0. The zero-order valence-corrected chi connectivity index (χ0v) is 15.1. The Morgan fingerprint density at radius 2 is 1.92 bits per heavy atom. The molecule has 0 radical (unpaired) electrons. The topological polar surface area (TPSA) is 76.6 Å². The lowest BCUT2D eigenvalue weighted by Gasteiger charge is -2.24. The summed E-state index contributed by atoms with van der Waals surface area (Å²) < 4.78 is 0. The van der Waals surface area contributed by atoms with Crippen molar-refractivity contribution in [2.75, 3.05) is 13.1 Å². The quantitative estimate of drug-likeness (QED) is 0.634. The lowest BCUT2D eigenvalue weighted by molar-refractivity contribution is 0.0629. The molecule has 0 bridgehead atoms. The number of amides is 1. The molecule has 1 aromatic heterocycles. The van der Waals surface area contributed by atoms with Crippen LogP contribution in [0.5, 0.6) is 5.75 Å². The van der Waals surface area contributed by atoms with Gasteiger partial charge in [-0.3, -0.25) is 4.79 Å². The molecule has 0 fully saturated rings. The number of nitrogens with one attached hydrogen (secondary N) is 1. The van der Waals surface area contributed by atoms with Crippen LogP contribution in [-0.2, 0) is 6.42 Å². The molecule has 3 aromatic rings. The molecular formula is C21H24N2O3. The summed E-state index contributed by atoms with van der Waals surface area (Å²) in [5, 5.41) is 21.1.